The van der Waals surface area contributed by atoms with Gasteiger partial charge < -0.3 is 10.6 Å². The molecule has 5 nitrogen and oxygen atoms in total. The molecule has 0 saturated heterocycles. The van der Waals surface area contributed by atoms with Crippen LogP contribution >= 0.6 is 15.9 Å². The van der Waals surface area contributed by atoms with Crippen LogP contribution in [-0.4, -0.2) is 29.3 Å². The number of amides is 1. The van der Waals surface area contributed by atoms with Crippen LogP contribution in [0.4, 0.5) is 5.82 Å². The van der Waals surface area contributed by atoms with Crippen molar-refractivity contribution >= 4 is 27.7 Å². The highest BCUT2D eigenvalue weighted by atomic mass is 79.9. The molecule has 0 unspecified atom stereocenters. The van der Waals surface area contributed by atoms with Gasteiger partial charge in [0.1, 0.15) is 4.60 Å². The van der Waals surface area contributed by atoms with E-state index in [1.165, 1.54) is 0 Å². The Balaban J connectivity index is 2.59. The monoisotopic (exact) mass is 246 g/mol. The summed E-state index contributed by atoms with van der Waals surface area (Å²) >= 11 is 3.28. The van der Waals surface area contributed by atoms with Gasteiger partial charge in [0.25, 0.3) is 0 Å². The molecule has 6 heteroatoms. The lowest BCUT2D eigenvalue weighted by molar-refractivity contribution is -0.115. The van der Waals surface area contributed by atoms with Crippen molar-refractivity contribution in [1.82, 2.24) is 15.1 Å². The van der Waals surface area contributed by atoms with Crippen LogP contribution in [0.15, 0.2) is 10.7 Å². The Morgan fingerprint density at radius 2 is 2.46 bits per heavy atom. The summed E-state index contributed by atoms with van der Waals surface area (Å²) in [4.78, 5) is 11.1. The van der Waals surface area contributed by atoms with Crippen LogP contribution in [0.25, 0.3) is 0 Å². The Hall–Kier alpha value is -0.880. The molecule has 1 aromatic heterocycles. The van der Waals surface area contributed by atoms with E-state index < -0.39 is 0 Å². The molecule has 0 saturated carbocycles. The number of halogens is 1. The summed E-state index contributed by atoms with van der Waals surface area (Å²) < 4.78 is 2.46. The molecule has 0 atom stereocenters. The summed E-state index contributed by atoms with van der Waals surface area (Å²) in [5.41, 5.74) is 0. The Morgan fingerprint density at radius 3 is 2.92 bits per heavy atom. The average Bonchev–Trinajstić information content (AvgIpc) is 2.31. The first-order chi connectivity index (χ1) is 6.13. The number of anilines is 1. The second-order valence-corrected chi connectivity index (χ2v) is 3.37. The van der Waals surface area contributed by atoms with Crippen molar-refractivity contribution in [1.29, 1.82) is 0 Å². The molecule has 1 aromatic rings. The van der Waals surface area contributed by atoms with Gasteiger partial charge in [-0.05, 0) is 23.0 Å². The third-order valence-electron chi connectivity index (χ3n) is 1.43. The lowest BCUT2D eigenvalue weighted by Gasteiger charge is -1.99. The molecule has 0 aliphatic heterocycles. The second-order valence-electron chi connectivity index (χ2n) is 2.55. The molecule has 1 amide bonds. The van der Waals surface area contributed by atoms with Crippen LogP contribution in [0.2, 0.25) is 0 Å². The highest BCUT2D eigenvalue weighted by Crippen LogP contribution is 2.13. The van der Waals surface area contributed by atoms with Gasteiger partial charge in [-0.25, -0.2) is 0 Å². The van der Waals surface area contributed by atoms with Gasteiger partial charge in [-0.1, -0.05) is 0 Å². The first-order valence-electron chi connectivity index (χ1n) is 3.77. The van der Waals surface area contributed by atoms with Crippen molar-refractivity contribution in [3.63, 3.8) is 0 Å². The summed E-state index contributed by atoms with van der Waals surface area (Å²) in [6.45, 7) is 0.286. The number of carbonyl (C=O) groups excluding carboxylic acids is 1. The predicted octanol–water partition coefficient (Wildman–Crippen LogP) is 0.340. The minimum atomic E-state index is -0.104. The van der Waals surface area contributed by atoms with E-state index >= 15 is 0 Å². The van der Waals surface area contributed by atoms with Gasteiger partial charge in [0.05, 0.1) is 6.54 Å². The average molecular weight is 247 g/mol. The number of carbonyl (C=O) groups is 1. The lowest BCUT2D eigenvalue weighted by Crippen LogP contribution is -2.25. The van der Waals surface area contributed by atoms with Crippen LogP contribution in [0.3, 0.4) is 0 Å². The molecule has 1 rings (SSSR count). The molecule has 0 fully saturated rings. The van der Waals surface area contributed by atoms with Crippen LogP contribution in [0.1, 0.15) is 0 Å². The largest absolute Gasteiger partial charge is 0.311 e. The zero-order chi connectivity index (χ0) is 9.84. The van der Waals surface area contributed by atoms with Crippen molar-refractivity contribution in [2.75, 3.05) is 18.9 Å². The molecule has 0 aromatic carbocycles. The quantitative estimate of drug-likeness (QED) is 0.809. The van der Waals surface area contributed by atoms with Crippen molar-refractivity contribution in [3.8, 4) is 0 Å². The van der Waals surface area contributed by atoms with Gasteiger partial charge in [0.15, 0.2) is 5.82 Å². The molecule has 13 heavy (non-hydrogen) atoms. The summed E-state index contributed by atoms with van der Waals surface area (Å²) in [5, 5.41) is 9.43. The summed E-state index contributed by atoms with van der Waals surface area (Å²) in [5.74, 6) is 0.447. The van der Waals surface area contributed by atoms with E-state index in [0.29, 0.717) is 5.82 Å². The number of likely N-dealkylation sites (N-methyl/N-ethyl adjacent to an activating group) is 1. The van der Waals surface area contributed by atoms with Crippen molar-refractivity contribution in [2.45, 2.75) is 0 Å². The molecule has 0 spiro atoms. The Kier molecular flexibility index (Phi) is 3.44. The third-order valence-corrected chi connectivity index (χ3v) is 2.17. The first-order valence-corrected chi connectivity index (χ1v) is 4.56. The van der Waals surface area contributed by atoms with Gasteiger partial charge in [-0.2, -0.15) is 5.10 Å². The van der Waals surface area contributed by atoms with E-state index in [-0.39, 0.29) is 12.5 Å². The number of rotatable bonds is 3. The molecule has 0 aliphatic rings. The normalized spacial score (nSPS) is 10.1. The van der Waals surface area contributed by atoms with Crippen LogP contribution in [0, 0.1) is 0 Å². The number of hydrogen-bond acceptors (Lipinski definition) is 3. The summed E-state index contributed by atoms with van der Waals surface area (Å²) in [7, 11) is 3.51. The molecule has 0 bridgehead atoms. The van der Waals surface area contributed by atoms with Gasteiger partial charge in [-0.3, -0.25) is 9.48 Å². The van der Waals surface area contributed by atoms with Crippen LogP contribution in [-0.2, 0) is 11.8 Å². The van der Waals surface area contributed by atoms with E-state index in [1.54, 1.807) is 24.8 Å². The van der Waals surface area contributed by atoms with E-state index in [1.807, 2.05) is 0 Å². The standard InChI is InChI=1S/C7H11BrN4O/c1-9-4-7(13)10-6-3-5(8)12(2)11-6/h3,9H,4H2,1-2H3,(H,10,11,13). The van der Waals surface area contributed by atoms with Gasteiger partial charge in [0, 0.05) is 13.1 Å². The van der Waals surface area contributed by atoms with Gasteiger partial charge >= 0.3 is 0 Å². The molecule has 2 N–H and O–H groups in total. The highest BCUT2D eigenvalue weighted by Gasteiger charge is 2.05. The zero-order valence-corrected chi connectivity index (χ0v) is 9.05. The molecular formula is C7H11BrN4O. The number of nitrogens with zero attached hydrogens (tertiary/aromatic N) is 2. The zero-order valence-electron chi connectivity index (χ0n) is 7.47. The fraction of sp³-hybridized carbons (Fsp3) is 0.429. The topological polar surface area (TPSA) is 59.0 Å². The fourth-order valence-corrected chi connectivity index (χ4v) is 1.15. The smallest absolute Gasteiger partial charge is 0.239 e. The maximum Gasteiger partial charge on any atom is 0.239 e. The molecule has 0 radical (unpaired) electrons. The molecule has 1 heterocycles. The van der Waals surface area contributed by atoms with Crippen LogP contribution in [0.5, 0.6) is 0 Å². The van der Waals surface area contributed by atoms with Crippen LogP contribution < -0.4 is 10.6 Å². The minimum Gasteiger partial charge on any atom is -0.311 e. The fourth-order valence-electron chi connectivity index (χ4n) is 0.853. The SMILES string of the molecule is CNCC(=O)Nc1cc(Br)n(C)n1. The second kappa shape index (κ2) is 4.38. The molecular weight excluding hydrogens is 236 g/mol. The summed E-state index contributed by atoms with van der Waals surface area (Å²) in [6, 6.07) is 1.74. The number of aromatic nitrogens is 2. The first kappa shape index (κ1) is 10.2. The van der Waals surface area contributed by atoms with E-state index in [0.717, 1.165) is 4.60 Å². The minimum absolute atomic E-state index is 0.104. The van der Waals surface area contributed by atoms with E-state index in [2.05, 4.69) is 31.7 Å². The molecule has 72 valence electrons. The van der Waals surface area contributed by atoms with Crippen molar-refractivity contribution in [3.05, 3.63) is 10.7 Å². The molecule has 0 aliphatic carbocycles. The highest BCUT2D eigenvalue weighted by molar-refractivity contribution is 9.10. The number of hydrogen-bond donors (Lipinski definition) is 2. The number of nitrogens with one attached hydrogen (secondary N) is 2. The van der Waals surface area contributed by atoms with E-state index in [4.69, 9.17) is 0 Å². The Labute approximate surface area is 84.6 Å². The third kappa shape index (κ3) is 2.82. The van der Waals surface area contributed by atoms with E-state index in [9.17, 15) is 4.79 Å². The predicted molar refractivity (Wildman–Crippen MR) is 53.5 cm³/mol. The maximum absolute atomic E-state index is 11.1. The maximum atomic E-state index is 11.1. The van der Waals surface area contributed by atoms with Crippen molar-refractivity contribution < 1.29 is 4.79 Å². The van der Waals surface area contributed by atoms with Gasteiger partial charge in [-0.15, -0.1) is 0 Å². The summed E-state index contributed by atoms with van der Waals surface area (Å²) in [6.07, 6.45) is 0. The van der Waals surface area contributed by atoms with Crippen molar-refractivity contribution in [2.24, 2.45) is 7.05 Å². The number of aryl methyl sites for hydroxylation is 1. The Bertz CT molecular complexity index is 290. The lowest BCUT2D eigenvalue weighted by atomic mass is 10.5. The Morgan fingerprint density at radius 1 is 1.77 bits per heavy atom. The van der Waals surface area contributed by atoms with Gasteiger partial charge in [0.2, 0.25) is 5.91 Å².